The number of fused-ring (bicyclic) bond motifs is 1. The Kier molecular flexibility index (Phi) is 4.29. The van der Waals surface area contributed by atoms with Gasteiger partial charge < -0.3 is 9.47 Å². The van der Waals surface area contributed by atoms with Gasteiger partial charge in [-0.1, -0.05) is 0 Å². The van der Waals surface area contributed by atoms with Crippen LogP contribution in [-0.4, -0.2) is 23.7 Å². The van der Waals surface area contributed by atoms with E-state index in [2.05, 4.69) is 0 Å². The fourth-order valence-corrected chi connectivity index (χ4v) is 2.70. The fraction of sp³-hybridized carbons (Fsp3) is 0.111. The molecule has 0 fully saturated rings. The zero-order valence-corrected chi connectivity index (χ0v) is 13.9. The van der Waals surface area contributed by atoms with Crippen LogP contribution in [0.15, 0.2) is 47.3 Å². The Bertz CT molecular complexity index is 1110. The second-order valence-corrected chi connectivity index (χ2v) is 5.35. The summed E-state index contributed by atoms with van der Waals surface area (Å²) in [5.74, 6) is 0.873. The standard InChI is InChI=1S/C18H13N3O5/c1-25-16-8-11-7-12(10-19)18(22)20(15(11)9-17(16)26-2)13-3-5-14(6-4-13)21(23)24/h3-9H,1-2H3. The van der Waals surface area contributed by atoms with Crippen molar-refractivity contribution in [2.45, 2.75) is 0 Å². The van der Waals surface area contributed by atoms with E-state index in [9.17, 15) is 20.2 Å². The molecule has 1 aromatic heterocycles. The van der Waals surface area contributed by atoms with E-state index in [1.807, 2.05) is 6.07 Å². The average molecular weight is 351 g/mol. The monoisotopic (exact) mass is 351 g/mol. The van der Waals surface area contributed by atoms with Gasteiger partial charge in [-0.3, -0.25) is 19.5 Å². The zero-order chi connectivity index (χ0) is 18.8. The SMILES string of the molecule is COc1cc2cc(C#N)c(=O)n(-c3ccc([N+](=O)[O-])cc3)c2cc1OC. The van der Waals surface area contributed by atoms with Gasteiger partial charge in [-0.15, -0.1) is 0 Å². The minimum Gasteiger partial charge on any atom is -0.493 e. The Morgan fingerprint density at radius 3 is 2.23 bits per heavy atom. The summed E-state index contributed by atoms with van der Waals surface area (Å²) in [5.41, 5.74) is 0.210. The highest BCUT2D eigenvalue weighted by atomic mass is 16.6. The highest BCUT2D eigenvalue weighted by molar-refractivity contribution is 5.85. The van der Waals surface area contributed by atoms with Crippen LogP contribution in [0.1, 0.15) is 5.56 Å². The summed E-state index contributed by atoms with van der Waals surface area (Å²) in [6.07, 6.45) is 0. The Balaban J connectivity index is 2.38. The lowest BCUT2D eigenvalue weighted by Crippen LogP contribution is -2.21. The molecule has 0 aliphatic carbocycles. The van der Waals surface area contributed by atoms with Crippen molar-refractivity contribution in [1.82, 2.24) is 4.57 Å². The molecule has 0 N–H and O–H groups in total. The van der Waals surface area contributed by atoms with Crippen molar-refractivity contribution >= 4 is 16.6 Å². The van der Waals surface area contributed by atoms with Gasteiger partial charge in [-0.2, -0.15) is 5.26 Å². The van der Waals surface area contributed by atoms with Crippen molar-refractivity contribution in [2.75, 3.05) is 14.2 Å². The number of non-ortho nitro benzene ring substituents is 1. The third-order valence-electron chi connectivity index (χ3n) is 3.95. The number of hydrogen-bond donors (Lipinski definition) is 0. The summed E-state index contributed by atoms with van der Waals surface area (Å²) in [6.45, 7) is 0. The predicted octanol–water partition coefficient (Wildman–Crippen LogP) is 2.79. The van der Waals surface area contributed by atoms with Gasteiger partial charge >= 0.3 is 0 Å². The molecule has 0 saturated heterocycles. The molecule has 0 bridgehead atoms. The first-order valence-corrected chi connectivity index (χ1v) is 7.47. The molecule has 130 valence electrons. The number of nitriles is 1. The lowest BCUT2D eigenvalue weighted by Gasteiger charge is -2.14. The Hall–Kier alpha value is -3.86. The highest BCUT2D eigenvalue weighted by Crippen LogP contribution is 2.32. The molecule has 8 heteroatoms. The van der Waals surface area contributed by atoms with Crippen LogP contribution in [0.3, 0.4) is 0 Å². The van der Waals surface area contributed by atoms with Gasteiger partial charge in [0, 0.05) is 29.3 Å². The van der Waals surface area contributed by atoms with E-state index in [1.54, 1.807) is 12.1 Å². The van der Waals surface area contributed by atoms with Crippen molar-refractivity contribution in [3.63, 3.8) is 0 Å². The van der Waals surface area contributed by atoms with Gasteiger partial charge in [0.2, 0.25) is 0 Å². The molecule has 8 nitrogen and oxygen atoms in total. The summed E-state index contributed by atoms with van der Waals surface area (Å²) >= 11 is 0. The Morgan fingerprint density at radius 2 is 1.69 bits per heavy atom. The number of benzene rings is 2. The summed E-state index contributed by atoms with van der Waals surface area (Å²) in [7, 11) is 2.96. The third kappa shape index (κ3) is 2.71. The molecule has 3 rings (SSSR count). The van der Waals surface area contributed by atoms with Gasteiger partial charge in [0.25, 0.3) is 11.2 Å². The maximum atomic E-state index is 12.7. The first kappa shape index (κ1) is 17.0. The number of methoxy groups -OCH3 is 2. The molecule has 0 spiro atoms. The van der Waals surface area contributed by atoms with Gasteiger partial charge in [-0.05, 0) is 24.3 Å². The molecule has 0 amide bonds. The lowest BCUT2D eigenvalue weighted by atomic mass is 10.1. The number of rotatable bonds is 4. The van der Waals surface area contributed by atoms with Crippen LogP contribution in [0, 0.1) is 21.4 Å². The lowest BCUT2D eigenvalue weighted by molar-refractivity contribution is -0.384. The van der Waals surface area contributed by atoms with Gasteiger partial charge in [-0.25, -0.2) is 0 Å². The van der Waals surface area contributed by atoms with Gasteiger partial charge in [0.1, 0.15) is 11.6 Å². The molecule has 0 unspecified atom stereocenters. The first-order chi connectivity index (χ1) is 12.5. The molecule has 2 aromatic carbocycles. The van der Waals surface area contributed by atoms with Crippen molar-refractivity contribution in [3.8, 4) is 23.3 Å². The molecule has 26 heavy (non-hydrogen) atoms. The molecule has 0 saturated carbocycles. The number of hydrogen-bond acceptors (Lipinski definition) is 6. The van der Waals surface area contributed by atoms with E-state index in [0.29, 0.717) is 28.1 Å². The summed E-state index contributed by atoms with van der Waals surface area (Å²) in [6, 6.07) is 12.1. The van der Waals surface area contributed by atoms with E-state index in [1.165, 1.54) is 49.1 Å². The maximum absolute atomic E-state index is 12.7. The maximum Gasteiger partial charge on any atom is 0.273 e. The molecular weight excluding hydrogens is 338 g/mol. The number of pyridine rings is 1. The number of ether oxygens (including phenoxy) is 2. The van der Waals surface area contributed by atoms with E-state index in [-0.39, 0.29) is 11.3 Å². The normalized spacial score (nSPS) is 10.3. The molecule has 0 aliphatic heterocycles. The Morgan fingerprint density at radius 1 is 1.08 bits per heavy atom. The zero-order valence-electron chi connectivity index (χ0n) is 13.9. The third-order valence-corrected chi connectivity index (χ3v) is 3.95. The first-order valence-electron chi connectivity index (χ1n) is 7.47. The van der Waals surface area contributed by atoms with Gasteiger partial charge in [0.15, 0.2) is 11.5 Å². The second kappa shape index (κ2) is 6.57. The summed E-state index contributed by atoms with van der Waals surface area (Å²) < 4.78 is 11.9. The van der Waals surface area contributed by atoms with E-state index >= 15 is 0 Å². The summed E-state index contributed by atoms with van der Waals surface area (Å²) in [5, 5.41) is 20.7. The summed E-state index contributed by atoms with van der Waals surface area (Å²) in [4.78, 5) is 23.0. The van der Waals surface area contributed by atoms with Crippen LogP contribution in [0.5, 0.6) is 11.5 Å². The molecule has 0 radical (unpaired) electrons. The van der Waals surface area contributed by atoms with Gasteiger partial charge in [0.05, 0.1) is 24.7 Å². The van der Waals surface area contributed by atoms with Crippen LogP contribution >= 0.6 is 0 Å². The van der Waals surface area contributed by atoms with Crippen molar-refractivity contribution in [3.05, 3.63) is 68.5 Å². The second-order valence-electron chi connectivity index (χ2n) is 5.35. The largest absolute Gasteiger partial charge is 0.493 e. The average Bonchev–Trinajstić information content (AvgIpc) is 2.66. The number of nitro benzene ring substituents is 1. The molecular formula is C18H13N3O5. The van der Waals surface area contributed by atoms with Crippen molar-refractivity contribution in [2.24, 2.45) is 0 Å². The number of nitro groups is 1. The predicted molar refractivity (Wildman–Crippen MR) is 94.0 cm³/mol. The van der Waals surface area contributed by atoms with Crippen LogP contribution in [0.25, 0.3) is 16.6 Å². The molecule has 0 atom stereocenters. The molecule has 3 aromatic rings. The number of nitrogens with zero attached hydrogens (tertiary/aromatic N) is 3. The van der Waals surface area contributed by atoms with Crippen molar-refractivity contribution in [1.29, 1.82) is 5.26 Å². The van der Waals surface area contributed by atoms with Crippen LogP contribution in [0.4, 0.5) is 5.69 Å². The van der Waals surface area contributed by atoms with E-state index in [0.717, 1.165) is 0 Å². The molecule has 1 heterocycles. The smallest absolute Gasteiger partial charge is 0.273 e. The minimum absolute atomic E-state index is 0.0527. The van der Waals surface area contributed by atoms with Crippen LogP contribution < -0.4 is 15.0 Å². The van der Waals surface area contributed by atoms with E-state index < -0.39 is 10.5 Å². The minimum atomic E-state index is -0.527. The highest BCUT2D eigenvalue weighted by Gasteiger charge is 2.15. The molecule has 0 aliphatic rings. The number of aromatic nitrogens is 1. The topological polar surface area (TPSA) is 107 Å². The van der Waals surface area contributed by atoms with Crippen LogP contribution in [-0.2, 0) is 0 Å². The fourth-order valence-electron chi connectivity index (χ4n) is 2.70. The van der Waals surface area contributed by atoms with E-state index in [4.69, 9.17) is 9.47 Å². The quantitative estimate of drug-likeness (QED) is 0.528. The van der Waals surface area contributed by atoms with Crippen molar-refractivity contribution < 1.29 is 14.4 Å². The Labute approximate surface area is 147 Å². The van der Waals surface area contributed by atoms with Crippen LogP contribution in [0.2, 0.25) is 0 Å².